The van der Waals surface area contributed by atoms with Crippen LogP contribution in [0.2, 0.25) is 0 Å². The second kappa shape index (κ2) is 6.99. The lowest BCUT2D eigenvalue weighted by atomic mass is 10.0. The standard InChI is InChI=1S/C22H23N3O2/c1-14-3-6-16(7-4-14)21(17-8-9-17)24-20(26)12-25-13-23-19-10-5-15(2)11-18(19)22(25)27/h3-7,10-11,13,17,21H,8-9,12H2,1-2H3,(H,24,26)/t21-/m0/s1. The minimum Gasteiger partial charge on any atom is -0.347 e. The number of carbonyl (C=O) groups excluding carboxylic acids is 1. The summed E-state index contributed by atoms with van der Waals surface area (Å²) in [6.45, 7) is 3.96. The van der Waals surface area contributed by atoms with Crippen LogP contribution in [0.15, 0.2) is 53.6 Å². The Morgan fingerprint density at radius 2 is 1.85 bits per heavy atom. The summed E-state index contributed by atoms with van der Waals surface area (Å²) in [5.74, 6) is 0.314. The van der Waals surface area contributed by atoms with Crippen molar-refractivity contribution in [2.45, 2.75) is 39.3 Å². The molecule has 5 heteroatoms. The van der Waals surface area contributed by atoms with Crippen molar-refractivity contribution in [1.82, 2.24) is 14.9 Å². The van der Waals surface area contributed by atoms with Crippen LogP contribution < -0.4 is 10.9 Å². The third-order valence-corrected chi connectivity index (χ3v) is 5.14. The van der Waals surface area contributed by atoms with Gasteiger partial charge in [-0.05, 0) is 50.3 Å². The number of nitrogens with zero attached hydrogens (tertiary/aromatic N) is 2. The minimum absolute atomic E-state index is 0.00413. The smallest absolute Gasteiger partial charge is 0.261 e. The molecule has 1 saturated carbocycles. The van der Waals surface area contributed by atoms with E-state index in [0.29, 0.717) is 16.8 Å². The van der Waals surface area contributed by atoms with E-state index in [-0.39, 0.29) is 24.1 Å². The Morgan fingerprint density at radius 3 is 2.56 bits per heavy atom. The molecule has 0 bridgehead atoms. The van der Waals surface area contributed by atoms with E-state index in [2.05, 4.69) is 41.5 Å². The molecule has 0 saturated heterocycles. The monoisotopic (exact) mass is 361 g/mol. The largest absolute Gasteiger partial charge is 0.347 e. The number of aromatic nitrogens is 2. The van der Waals surface area contributed by atoms with Gasteiger partial charge in [0, 0.05) is 0 Å². The second-order valence-electron chi connectivity index (χ2n) is 7.49. The first-order chi connectivity index (χ1) is 13.0. The van der Waals surface area contributed by atoms with E-state index in [9.17, 15) is 9.59 Å². The molecule has 5 nitrogen and oxygen atoms in total. The van der Waals surface area contributed by atoms with Crippen LogP contribution in [0.25, 0.3) is 10.9 Å². The van der Waals surface area contributed by atoms with E-state index in [1.165, 1.54) is 16.5 Å². The summed E-state index contributed by atoms with van der Waals surface area (Å²) in [4.78, 5) is 29.7. The van der Waals surface area contributed by atoms with Crippen LogP contribution >= 0.6 is 0 Å². The quantitative estimate of drug-likeness (QED) is 0.758. The molecule has 0 unspecified atom stereocenters. The summed E-state index contributed by atoms with van der Waals surface area (Å²) in [7, 11) is 0. The summed E-state index contributed by atoms with van der Waals surface area (Å²) in [5.41, 5.74) is 3.78. The van der Waals surface area contributed by atoms with E-state index in [4.69, 9.17) is 0 Å². The summed E-state index contributed by atoms with van der Waals surface area (Å²) in [5, 5.41) is 3.67. The van der Waals surface area contributed by atoms with Crippen LogP contribution in [0.1, 0.15) is 35.6 Å². The van der Waals surface area contributed by atoms with Gasteiger partial charge in [-0.1, -0.05) is 41.5 Å². The molecule has 4 rings (SSSR count). The van der Waals surface area contributed by atoms with Gasteiger partial charge in [-0.3, -0.25) is 14.2 Å². The highest BCUT2D eigenvalue weighted by atomic mass is 16.2. The zero-order valence-corrected chi connectivity index (χ0v) is 15.6. The van der Waals surface area contributed by atoms with Crippen LogP contribution in [-0.4, -0.2) is 15.5 Å². The Bertz CT molecular complexity index is 1050. The molecule has 0 aliphatic heterocycles. The number of amides is 1. The highest BCUT2D eigenvalue weighted by Crippen LogP contribution is 2.41. The van der Waals surface area contributed by atoms with Gasteiger partial charge in [0.15, 0.2) is 0 Å². The molecular formula is C22H23N3O2. The highest BCUT2D eigenvalue weighted by molar-refractivity contribution is 5.79. The summed E-state index contributed by atoms with van der Waals surface area (Å²) in [6.07, 6.45) is 3.70. The Kier molecular flexibility index (Phi) is 4.52. The third-order valence-electron chi connectivity index (χ3n) is 5.14. The fourth-order valence-electron chi connectivity index (χ4n) is 3.44. The number of hydrogen-bond acceptors (Lipinski definition) is 3. The molecule has 3 aromatic rings. The van der Waals surface area contributed by atoms with E-state index in [1.807, 2.05) is 25.1 Å². The molecule has 1 aliphatic rings. The lowest BCUT2D eigenvalue weighted by molar-refractivity contribution is -0.122. The average molecular weight is 361 g/mol. The lowest BCUT2D eigenvalue weighted by Gasteiger charge is -2.19. The predicted molar refractivity (Wildman–Crippen MR) is 106 cm³/mol. The van der Waals surface area contributed by atoms with Crippen LogP contribution in [0, 0.1) is 19.8 Å². The minimum atomic E-state index is -0.183. The average Bonchev–Trinajstić information content (AvgIpc) is 3.48. The number of rotatable bonds is 5. The van der Waals surface area contributed by atoms with Gasteiger partial charge >= 0.3 is 0 Å². The summed E-state index contributed by atoms with van der Waals surface area (Å²) >= 11 is 0. The molecule has 1 amide bonds. The molecular weight excluding hydrogens is 338 g/mol. The molecule has 1 N–H and O–H groups in total. The van der Waals surface area contributed by atoms with Gasteiger partial charge < -0.3 is 5.32 Å². The molecule has 2 aromatic carbocycles. The van der Waals surface area contributed by atoms with Crippen molar-refractivity contribution in [3.05, 3.63) is 75.8 Å². The Hall–Kier alpha value is -2.95. The van der Waals surface area contributed by atoms with Crippen LogP contribution in [-0.2, 0) is 11.3 Å². The molecule has 1 atom stereocenters. The van der Waals surface area contributed by atoms with Gasteiger partial charge in [-0.25, -0.2) is 4.98 Å². The first-order valence-corrected chi connectivity index (χ1v) is 9.33. The molecule has 0 radical (unpaired) electrons. The number of carbonyl (C=O) groups is 1. The van der Waals surface area contributed by atoms with Gasteiger partial charge in [0.1, 0.15) is 6.54 Å². The Morgan fingerprint density at radius 1 is 1.15 bits per heavy atom. The first-order valence-electron chi connectivity index (χ1n) is 9.33. The fourth-order valence-corrected chi connectivity index (χ4v) is 3.44. The van der Waals surface area contributed by atoms with Crippen molar-refractivity contribution in [2.24, 2.45) is 5.92 Å². The van der Waals surface area contributed by atoms with E-state index >= 15 is 0 Å². The zero-order valence-electron chi connectivity index (χ0n) is 15.6. The molecule has 27 heavy (non-hydrogen) atoms. The Balaban J connectivity index is 1.55. The van der Waals surface area contributed by atoms with Gasteiger partial charge in [-0.15, -0.1) is 0 Å². The number of aryl methyl sites for hydroxylation is 2. The number of hydrogen-bond donors (Lipinski definition) is 1. The second-order valence-corrected chi connectivity index (χ2v) is 7.49. The molecule has 0 spiro atoms. The molecule has 138 valence electrons. The maximum atomic E-state index is 12.7. The number of fused-ring (bicyclic) bond motifs is 1. The molecule has 1 heterocycles. The SMILES string of the molecule is Cc1ccc([C@H](NC(=O)Cn2cnc3ccc(C)cc3c2=O)C2CC2)cc1. The van der Waals surface area contributed by atoms with E-state index < -0.39 is 0 Å². The van der Waals surface area contributed by atoms with Gasteiger partial charge in [0.2, 0.25) is 5.91 Å². The van der Waals surface area contributed by atoms with Crippen LogP contribution in [0.3, 0.4) is 0 Å². The van der Waals surface area contributed by atoms with Gasteiger partial charge in [0.25, 0.3) is 5.56 Å². The van der Waals surface area contributed by atoms with E-state index in [0.717, 1.165) is 24.0 Å². The van der Waals surface area contributed by atoms with Crippen LogP contribution in [0.5, 0.6) is 0 Å². The number of benzene rings is 2. The van der Waals surface area contributed by atoms with Gasteiger partial charge in [0.05, 0.1) is 23.3 Å². The highest BCUT2D eigenvalue weighted by Gasteiger charge is 2.33. The van der Waals surface area contributed by atoms with Crippen molar-refractivity contribution in [3.63, 3.8) is 0 Å². The summed E-state index contributed by atoms with van der Waals surface area (Å²) < 4.78 is 1.39. The predicted octanol–water partition coefficient (Wildman–Crippen LogP) is 3.28. The topological polar surface area (TPSA) is 64.0 Å². The van der Waals surface area contributed by atoms with Crippen molar-refractivity contribution >= 4 is 16.8 Å². The van der Waals surface area contributed by atoms with Gasteiger partial charge in [-0.2, -0.15) is 0 Å². The van der Waals surface area contributed by atoms with E-state index in [1.54, 1.807) is 0 Å². The maximum Gasteiger partial charge on any atom is 0.261 e. The van der Waals surface area contributed by atoms with Crippen molar-refractivity contribution in [2.75, 3.05) is 0 Å². The third kappa shape index (κ3) is 3.77. The molecule has 1 aromatic heterocycles. The molecule has 1 aliphatic carbocycles. The van der Waals surface area contributed by atoms with Crippen molar-refractivity contribution < 1.29 is 4.79 Å². The lowest BCUT2D eigenvalue weighted by Crippen LogP contribution is -2.35. The molecule has 1 fully saturated rings. The normalized spacial score (nSPS) is 14.9. The fraction of sp³-hybridized carbons (Fsp3) is 0.318. The summed E-state index contributed by atoms with van der Waals surface area (Å²) in [6, 6.07) is 13.9. The number of nitrogens with one attached hydrogen (secondary N) is 1. The Labute approximate surface area is 158 Å². The van der Waals surface area contributed by atoms with Crippen molar-refractivity contribution in [3.8, 4) is 0 Å². The zero-order chi connectivity index (χ0) is 19.0. The first kappa shape index (κ1) is 17.5. The van der Waals surface area contributed by atoms with Crippen LogP contribution in [0.4, 0.5) is 0 Å². The maximum absolute atomic E-state index is 12.7. The van der Waals surface area contributed by atoms with Crippen molar-refractivity contribution in [1.29, 1.82) is 0 Å².